The van der Waals surface area contributed by atoms with Crippen LogP contribution < -0.4 is 4.90 Å². The van der Waals surface area contributed by atoms with Gasteiger partial charge in [0.25, 0.3) is 0 Å². The maximum Gasteiger partial charge on any atom is 0.339 e. The lowest BCUT2D eigenvalue weighted by molar-refractivity contribution is 0.0529. The SMILES string of the molecule is CCOC(=O)c1csc2nc(Cl)nc(N3CCc4ccccc4C3)c12. The van der Waals surface area contributed by atoms with E-state index in [0.29, 0.717) is 22.8 Å². The van der Waals surface area contributed by atoms with Gasteiger partial charge in [-0.1, -0.05) is 24.3 Å². The molecule has 1 aliphatic heterocycles. The zero-order valence-corrected chi connectivity index (χ0v) is 15.2. The van der Waals surface area contributed by atoms with Gasteiger partial charge in [0.15, 0.2) is 0 Å². The van der Waals surface area contributed by atoms with Gasteiger partial charge in [0, 0.05) is 18.5 Å². The molecule has 0 amide bonds. The molecule has 128 valence electrons. The van der Waals surface area contributed by atoms with Gasteiger partial charge in [-0.2, -0.15) is 4.98 Å². The molecule has 0 bridgehead atoms. The quantitative estimate of drug-likeness (QED) is 0.511. The van der Waals surface area contributed by atoms with Crippen LogP contribution in [-0.4, -0.2) is 29.1 Å². The summed E-state index contributed by atoms with van der Waals surface area (Å²) in [7, 11) is 0. The van der Waals surface area contributed by atoms with Crippen molar-refractivity contribution >= 4 is 44.9 Å². The van der Waals surface area contributed by atoms with E-state index in [4.69, 9.17) is 16.3 Å². The van der Waals surface area contributed by atoms with Gasteiger partial charge in [-0.05, 0) is 36.1 Å². The molecule has 1 aromatic carbocycles. The molecule has 0 saturated carbocycles. The lowest BCUT2D eigenvalue weighted by Gasteiger charge is -2.30. The molecule has 7 heteroatoms. The van der Waals surface area contributed by atoms with Gasteiger partial charge in [0.1, 0.15) is 10.6 Å². The minimum atomic E-state index is -0.349. The minimum absolute atomic E-state index is 0.193. The number of anilines is 1. The Hall–Kier alpha value is -2.18. The van der Waals surface area contributed by atoms with Crippen LogP contribution in [0, 0.1) is 0 Å². The Labute approximate surface area is 154 Å². The van der Waals surface area contributed by atoms with E-state index < -0.39 is 0 Å². The standard InChI is InChI=1S/C18H16ClN3O2S/c1-2-24-17(23)13-10-25-16-14(13)15(20-18(19)21-16)22-8-7-11-5-3-4-6-12(11)9-22/h3-6,10H,2,7-9H2,1H3. The molecule has 3 heterocycles. The second kappa shape index (κ2) is 6.61. The number of carbonyl (C=O) groups is 1. The number of esters is 1. The normalized spacial score (nSPS) is 13.8. The molecule has 4 rings (SSSR count). The maximum absolute atomic E-state index is 12.3. The molecule has 25 heavy (non-hydrogen) atoms. The van der Waals surface area contributed by atoms with Gasteiger partial charge in [0.05, 0.1) is 17.6 Å². The fourth-order valence-corrected chi connectivity index (χ4v) is 4.28. The Morgan fingerprint density at radius 3 is 2.92 bits per heavy atom. The highest BCUT2D eigenvalue weighted by atomic mass is 35.5. The maximum atomic E-state index is 12.3. The molecule has 0 spiro atoms. The van der Waals surface area contributed by atoms with Crippen molar-refractivity contribution in [2.45, 2.75) is 19.9 Å². The monoisotopic (exact) mass is 373 g/mol. The first-order valence-corrected chi connectivity index (χ1v) is 9.36. The Morgan fingerprint density at radius 2 is 2.12 bits per heavy atom. The van der Waals surface area contributed by atoms with E-state index in [1.165, 1.54) is 22.5 Å². The number of halogens is 1. The molecule has 0 N–H and O–H groups in total. The van der Waals surface area contributed by atoms with Crippen LogP contribution in [0.15, 0.2) is 29.6 Å². The molecule has 3 aromatic rings. The van der Waals surface area contributed by atoms with Gasteiger partial charge in [0.2, 0.25) is 5.28 Å². The van der Waals surface area contributed by atoms with Crippen LogP contribution in [0.3, 0.4) is 0 Å². The lowest BCUT2D eigenvalue weighted by atomic mass is 10.00. The van der Waals surface area contributed by atoms with E-state index in [1.54, 1.807) is 12.3 Å². The first-order valence-electron chi connectivity index (χ1n) is 8.11. The molecule has 0 saturated heterocycles. The largest absolute Gasteiger partial charge is 0.462 e. The van der Waals surface area contributed by atoms with E-state index >= 15 is 0 Å². The number of carbonyl (C=O) groups excluding carboxylic acids is 1. The topological polar surface area (TPSA) is 55.3 Å². The van der Waals surface area contributed by atoms with E-state index in [2.05, 4.69) is 33.1 Å². The summed E-state index contributed by atoms with van der Waals surface area (Å²) in [5.41, 5.74) is 3.13. The van der Waals surface area contributed by atoms with Gasteiger partial charge in [-0.3, -0.25) is 0 Å². The number of hydrogen-bond acceptors (Lipinski definition) is 6. The van der Waals surface area contributed by atoms with Crippen LogP contribution >= 0.6 is 22.9 Å². The average molecular weight is 374 g/mol. The highest BCUT2D eigenvalue weighted by Crippen LogP contribution is 2.35. The van der Waals surface area contributed by atoms with E-state index in [1.807, 2.05) is 6.07 Å². The summed E-state index contributed by atoms with van der Waals surface area (Å²) in [6, 6.07) is 8.39. The fourth-order valence-electron chi connectivity index (χ4n) is 3.16. The number of aromatic nitrogens is 2. The van der Waals surface area contributed by atoms with E-state index in [-0.39, 0.29) is 11.3 Å². The summed E-state index contributed by atoms with van der Waals surface area (Å²) in [4.78, 5) is 23.9. The van der Waals surface area contributed by atoms with Crippen molar-refractivity contribution in [2.24, 2.45) is 0 Å². The number of benzene rings is 1. The summed E-state index contributed by atoms with van der Waals surface area (Å²) < 4.78 is 5.18. The predicted octanol–water partition coefficient (Wildman–Crippen LogP) is 4.08. The third-order valence-electron chi connectivity index (χ3n) is 4.31. The molecule has 2 aromatic heterocycles. The second-order valence-electron chi connectivity index (χ2n) is 5.81. The summed E-state index contributed by atoms with van der Waals surface area (Å²) in [5, 5.41) is 2.69. The second-order valence-corrected chi connectivity index (χ2v) is 7.00. The van der Waals surface area contributed by atoms with Crippen molar-refractivity contribution in [3.63, 3.8) is 0 Å². The third kappa shape index (κ3) is 2.96. The molecule has 0 aliphatic carbocycles. The third-order valence-corrected chi connectivity index (χ3v) is 5.35. The average Bonchev–Trinajstić information content (AvgIpc) is 3.04. The summed E-state index contributed by atoms with van der Waals surface area (Å²) in [6.07, 6.45) is 0.929. The molecule has 0 radical (unpaired) electrons. The number of ether oxygens (including phenoxy) is 1. The first-order chi connectivity index (χ1) is 12.2. The Morgan fingerprint density at radius 1 is 1.32 bits per heavy atom. The molecular weight excluding hydrogens is 358 g/mol. The van der Waals surface area contributed by atoms with Crippen molar-refractivity contribution in [3.8, 4) is 0 Å². The number of hydrogen-bond donors (Lipinski definition) is 0. The van der Waals surface area contributed by atoms with Crippen LogP contribution in [0.4, 0.5) is 5.82 Å². The fraction of sp³-hybridized carbons (Fsp3) is 0.278. The van der Waals surface area contributed by atoms with Crippen molar-refractivity contribution < 1.29 is 9.53 Å². The van der Waals surface area contributed by atoms with Crippen LogP contribution in [0.25, 0.3) is 10.2 Å². The summed E-state index contributed by atoms with van der Waals surface area (Å²) in [5.74, 6) is 0.354. The van der Waals surface area contributed by atoms with Crippen molar-refractivity contribution in [2.75, 3.05) is 18.1 Å². The molecule has 1 aliphatic rings. The van der Waals surface area contributed by atoms with Crippen molar-refractivity contribution in [1.82, 2.24) is 9.97 Å². The Kier molecular flexibility index (Phi) is 4.31. The van der Waals surface area contributed by atoms with Gasteiger partial charge >= 0.3 is 5.97 Å². The van der Waals surface area contributed by atoms with Crippen molar-refractivity contribution in [1.29, 1.82) is 0 Å². The molecule has 0 fully saturated rings. The summed E-state index contributed by atoms with van der Waals surface area (Å²) in [6.45, 7) is 3.67. The van der Waals surface area contributed by atoms with Crippen LogP contribution in [0.1, 0.15) is 28.4 Å². The van der Waals surface area contributed by atoms with Gasteiger partial charge in [-0.15, -0.1) is 11.3 Å². The lowest BCUT2D eigenvalue weighted by Crippen LogP contribution is -2.31. The number of rotatable bonds is 3. The van der Waals surface area contributed by atoms with Crippen LogP contribution in [0.5, 0.6) is 0 Å². The van der Waals surface area contributed by atoms with E-state index in [9.17, 15) is 4.79 Å². The zero-order valence-electron chi connectivity index (χ0n) is 13.7. The van der Waals surface area contributed by atoms with Crippen LogP contribution in [-0.2, 0) is 17.7 Å². The molecule has 0 atom stereocenters. The minimum Gasteiger partial charge on any atom is -0.462 e. The predicted molar refractivity (Wildman–Crippen MR) is 99.6 cm³/mol. The van der Waals surface area contributed by atoms with Gasteiger partial charge in [-0.25, -0.2) is 9.78 Å². The Balaban J connectivity index is 1.81. The van der Waals surface area contributed by atoms with E-state index in [0.717, 1.165) is 24.9 Å². The highest BCUT2D eigenvalue weighted by Gasteiger charge is 2.25. The smallest absolute Gasteiger partial charge is 0.339 e. The highest BCUT2D eigenvalue weighted by molar-refractivity contribution is 7.17. The van der Waals surface area contributed by atoms with Crippen LogP contribution in [0.2, 0.25) is 5.28 Å². The van der Waals surface area contributed by atoms with Crippen molar-refractivity contribution in [3.05, 3.63) is 51.6 Å². The molecule has 5 nitrogen and oxygen atoms in total. The number of nitrogens with zero attached hydrogens (tertiary/aromatic N) is 3. The van der Waals surface area contributed by atoms with Gasteiger partial charge < -0.3 is 9.64 Å². The molecular formula is C18H16ClN3O2S. The molecule has 0 unspecified atom stereocenters. The zero-order chi connectivity index (χ0) is 17.4. The number of thiophene rings is 1. The number of fused-ring (bicyclic) bond motifs is 2. The first kappa shape index (κ1) is 16.3. The summed E-state index contributed by atoms with van der Waals surface area (Å²) >= 11 is 7.52. The Bertz CT molecular complexity index is 957.